The molecule has 2 N–H and O–H groups in total. The largest absolute Gasteiger partial charge is 0.464 e. The van der Waals surface area contributed by atoms with Gasteiger partial charge < -0.3 is 15.2 Å². The van der Waals surface area contributed by atoms with Crippen molar-refractivity contribution in [2.75, 3.05) is 11.9 Å². The second-order valence-corrected chi connectivity index (χ2v) is 4.61. The number of amides is 1. The van der Waals surface area contributed by atoms with Crippen LogP contribution in [0, 0.1) is 10.1 Å². The second-order valence-electron chi connectivity index (χ2n) is 4.61. The maximum atomic E-state index is 12.9. The number of anilines is 1. The van der Waals surface area contributed by atoms with Crippen molar-refractivity contribution in [1.29, 1.82) is 0 Å². The SMILES string of the molecule is CCOC(=O)C(O)(CC(=O)Nc1ccc([N+](=O)[O-])cc1)C(F)(F)F. The molecule has 0 aliphatic heterocycles. The van der Waals surface area contributed by atoms with Crippen LogP contribution in [0.1, 0.15) is 13.3 Å². The van der Waals surface area contributed by atoms with Gasteiger partial charge in [-0.25, -0.2) is 4.79 Å². The molecular weight excluding hydrogens is 337 g/mol. The molecule has 0 heterocycles. The number of benzene rings is 1. The standard InChI is InChI=1S/C13H13F3N2O6/c1-2-24-11(20)12(21,13(14,15)16)7-10(19)17-8-3-5-9(6-4-8)18(22)23/h3-6,21H,2,7H2,1H3,(H,17,19). The molecule has 1 unspecified atom stereocenters. The van der Waals surface area contributed by atoms with Crippen LogP contribution < -0.4 is 5.32 Å². The molecule has 24 heavy (non-hydrogen) atoms. The zero-order valence-corrected chi connectivity index (χ0v) is 12.3. The number of nitrogens with zero attached hydrogens (tertiary/aromatic N) is 1. The number of rotatable bonds is 6. The minimum atomic E-state index is -5.42. The van der Waals surface area contributed by atoms with Gasteiger partial charge in [-0.05, 0) is 19.1 Å². The van der Waals surface area contributed by atoms with E-state index in [1.165, 1.54) is 6.92 Å². The highest BCUT2D eigenvalue weighted by atomic mass is 19.4. The van der Waals surface area contributed by atoms with Crippen molar-refractivity contribution in [2.45, 2.75) is 25.1 Å². The van der Waals surface area contributed by atoms with Crippen molar-refractivity contribution in [3.8, 4) is 0 Å². The summed E-state index contributed by atoms with van der Waals surface area (Å²) in [7, 11) is 0. The number of esters is 1. The van der Waals surface area contributed by atoms with Gasteiger partial charge in [0.15, 0.2) is 0 Å². The van der Waals surface area contributed by atoms with E-state index in [4.69, 9.17) is 0 Å². The first-order valence-corrected chi connectivity index (χ1v) is 6.52. The number of nitro groups is 1. The molecular formula is C13H13F3N2O6. The highest BCUT2D eigenvalue weighted by Gasteiger charge is 2.61. The molecule has 8 nitrogen and oxygen atoms in total. The fourth-order valence-electron chi connectivity index (χ4n) is 1.64. The highest BCUT2D eigenvalue weighted by Crippen LogP contribution is 2.34. The summed E-state index contributed by atoms with van der Waals surface area (Å²) in [4.78, 5) is 32.8. The number of ether oxygens (including phenoxy) is 1. The molecule has 1 aromatic carbocycles. The smallest absolute Gasteiger partial charge is 0.428 e. The third-order valence-electron chi connectivity index (χ3n) is 2.86. The molecule has 0 bridgehead atoms. The fourth-order valence-corrected chi connectivity index (χ4v) is 1.64. The topological polar surface area (TPSA) is 119 Å². The number of hydrogen-bond acceptors (Lipinski definition) is 6. The van der Waals surface area contributed by atoms with E-state index in [9.17, 15) is 38.0 Å². The van der Waals surface area contributed by atoms with E-state index in [2.05, 4.69) is 4.74 Å². The number of carbonyl (C=O) groups excluding carboxylic acids is 2. The van der Waals surface area contributed by atoms with Crippen molar-refractivity contribution in [3.05, 3.63) is 34.4 Å². The van der Waals surface area contributed by atoms with Crippen LogP contribution in [-0.4, -0.2) is 40.3 Å². The molecule has 0 spiro atoms. The van der Waals surface area contributed by atoms with Gasteiger partial charge in [-0.3, -0.25) is 14.9 Å². The normalized spacial score (nSPS) is 13.7. The Bertz CT molecular complexity index is 632. The van der Waals surface area contributed by atoms with Gasteiger partial charge in [0, 0.05) is 17.8 Å². The van der Waals surface area contributed by atoms with Crippen LogP contribution in [0.15, 0.2) is 24.3 Å². The van der Waals surface area contributed by atoms with Crippen molar-refractivity contribution in [2.24, 2.45) is 0 Å². The van der Waals surface area contributed by atoms with Crippen molar-refractivity contribution in [3.63, 3.8) is 0 Å². The third kappa shape index (κ3) is 4.41. The minimum absolute atomic E-state index is 0.0426. The van der Waals surface area contributed by atoms with Crippen molar-refractivity contribution < 1.29 is 37.5 Å². The van der Waals surface area contributed by atoms with Gasteiger partial charge in [0.25, 0.3) is 11.3 Å². The Morgan fingerprint density at radius 2 is 1.83 bits per heavy atom. The molecule has 1 amide bonds. The molecule has 1 atom stereocenters. The Morgan fingerprint density at radius 1 is 1.29 bits per heavy atom. The summed E-state index contributed by atoms with van der Waals surface area (Å²) in [6.07, 6.45) is -7.04. The maximum absolute atomic E-state index is 12.9. The Hall–Kier alpha value is -2.69. The molecule has 0 saturated carbocycles. The second kappa shape index (κ2) is 7.25. The summed E-state index contributed by atoms with van der Waals surface area (Å²) in [5.41, 5.74) is -4.32. The van der Waals surface area contributed by atoms with Crippen molar-refractivity contribution in [1.82, 2.24) is 0 Å². The van der Waals surface area contributed by atoms with Gasteiger partial charge in [-0.15, -0.1) is 0 Å². The Labute approximate surface area is 133 Å². The summed E-state index contributed by atoms with van der Waals surface area (Å²) in [6, 6.07) is 4.23. The summed E-state index contributed by atoms with van der Waals surface area (Å²) < 4.78 is 42.9. The zero-order valence-electron chi connectivity index (χ0n) is 12.3. The third-order valence-corrected chi connectivity index (χ3v) is 2.86. The lowest BCUT2D eigenvalue weighted by Gasteiger charge is -2.27. The number of nitro benzene ring substituents is 1. The molecule has 0 radical (unpaired) electrons. The molecule has 1 rings (SSSR count). The molecule has 0 fully saturated rings. The Balaban J connectivity index is 2.89. The maximum Gasteiger partial charge on any atom is 0.428 e. The lowest BCUT2D eigenvalue weighted by molar-refractivity contribution is -0.384. The molecule has 1 aromatic rings. The van der Waals surface area contributed by atoms with Crippen LogP contribution in [0.3, 0.4) is 0 Å². The average molecular weight is 350 g/mol. The molecule has 11 heteroatoms. The zero-order chi connectivity index (χ0) is 18.5. The van der Waals surface area contributed by atoms with Gasteiger partial charge in [-0.2, -0.15) is 13.2 Å². The predicted molar refractivity (Wildman–Crippen MR) is 74.0 cm³/mol. The first-order chi connectivity index (χ1) is 11.0. The monoisotopic (exact) mass is 350 g/mol. The Kier molecular flexibility index (Phi) is 5.85. The number of hydrogen-bond donors (Lipinski definition) is 2. The number of nitrogens with one attached hydrogen (secondary N) is 1. The molecule has 132 valence electrons. The quantitative estimate of drug-likeness (QED) is 0.459. The van der Waals surface area contributed by atoms with Crippen LogP contribution in [0.5, 0.6) is 0 Å². The lowest BCUT2D eigenvalue weighted by atomic mass is 9.98. The highest BCUT2D eigenvalue weighted by molar-refractivity contribution is 5.96. The van der Waals surface area contributed by atoms with Gasteiger partial charge in [0.2, 0.25) is 5.91 Å². The number of non-ortho nitro benzene ring substituents is 1. The lowest BCUT2D eigenvalue weighted by Crippen LogP contribution is -2.54. The van der Waals surface area contributed by atoms with Crippen LogP contribution >= 0.6 is 0 Å². The predicted octanol–water partition coefficient (Wildman–Crippen LogP) is 1.78. The molecule has 0 saturated heterocycles. The number of aliphatic hydroxyl groups is 1. The summed E-state index contributed by atoms with van der Waals surface area (Å²) in [6.45, 7) is 0.826. The van der Waals surface area contributed by atoms with Gasteiger partial charge in [0.1, 0.15) is 0 Å². The van der Waals surface area contributed by atoms with E-state index >= 15 is 0 Å². The minimum Gasteiger partial charge on any atom is -0.464 e. The number of halogens is 3. The number of alkyl halides is 3. The van der Waals surface area contributed by atoms with E-state index in [1.807, 2.05) is 5.32 Å². The van der Waals surface area contributed by atoms with E-state index in [1.54, 1.807) is 0 Å². The molecule has 0 aliphatic carbocycles. The van der Waals surface area contributed by atoms with Crippen LogP contribution in [0.25, 0.3) is 0 Å². The first-order valence-electron chi connectivity index (χ1n) is 6.52. The van der Waals surface area contributed by atoms with Gasteiger partial charge in [0.05, 0.1) is 18.0 Å². The first kappa shape index (κ1) is 19.4. The van der Waals surface area contributed by atoms with Crippen molar-refractivity contribution >= 4 is 23.3 Å². The Morgan fingerprint density at radius 3 is 2.25 bits per heavy atom. The fraction of sp³-hybridized carbons (Fsp3) is 0.385. The van der Waals surface area contributed by atoms with E-state index in [0.29, 0.717) is 0 Å². The molecule has 0 aromatic heterocycles. The average Bonchev–Trinajstić information content (AvgIpc) is 2.46. The van der Waals surface area contributed by atoms with E-state index in [0.717, 1.165) is 24.3 Å². The summed E-state index contributed by atoms with van der Waals surface area (Å²) in [5, 5.41) is 22.0. The number of carbonyl (C=O) groups is 2. The van der Waals surface area contributed by atoms with Crippen LogP contribution in [-0.2, 0) is 14.3 Å². The molecule has 0 aliphatic rings. The van der Waals surface area contributed by atoms with E-state index < -0.39 is 41.6 Å². The van der Waals surface area contributed by atoms with Crippen LogP contribution in [0.4, 0.5) is 24.5 Å². The van der Waals surface area contributed by atoms with E-state index in [-0.39, 0.29) is 11.4 Å². The van der Waals surface area contributed by atoms with Gasteiger partial charge in [-0.1, -0.05) is 0 Å². The van der Waals surface area contributed by atoms with Gasteiger partial charge >= 0.3 is 12.1 Å². The summed E-state index contributed by atoms with van der Waals surface area (Å²) in [5.74, 6) is -3.31. The van der Waals surface area contributed by atoms with Crippen LogP contribution in [0.2, 0.25) is 0 Å². The summed E-state index contributed by atoms with van der Waals surface area (Å²) >= 11 is 0.